The fourth-order valence-electron chi connectivity index (χ4n) is 1.43. The highest BCUT2D eigenvalue weighted by Crippen LogP contribution is 2.27. The number of aryl methyl sites for hydroxylation is 1. The maximum absolute atomic E-state index is 12.0. The van der Waals surface area contributed by atoms with E-state index in [2.05, 4.69) is 4.98 Å². The molecule has 0 saturated heterocycles. The van der Waals surface area contributed by atoms with Crippen LogP contribution in [-0.4, -0.2) is 24.5 Å². The van der Waals surface area contributed by atoms with E-state index >= 15 is 0 Å². The van der Waals surface area contributed by atoms with Crippen LogP contribution in [0.15, 0.2) is 23.6 Å². The minimum Gasteiger partial charge on any atom is -0.482 e. The molecule has 1 aromatic carbocycles. The number of hydrogen-bond donors (Lipinski definition) is 0. The topological polar surface area (TPSA) is 42.4 Å². The molecule has 1 aromatic heterocycles. The predicted octanol–water partition coefficient (Wildman–Crippen LogP) is 3.80. The molecule has 7 heteroatoms. The highest BCUT2D eigenvalue weighted by molar-refractivity contribution is 7.14. The first-order chi connectivity index (χ1) is 9.47. The molecule has 2 aromatic rings. The minimum absolute atomic E-state index is 0.115. The maximum Gasteiger partial charge on any atom is 0.266 e. The first kappa shape index (κ1) is 15.1. The molecule has 0 aliphatic carbocycles. The third-order valence-electron chi connectivity index (χ3n) is 2.51. The van der Waals surface area contributed by atoms with Gasteiger partial charge < -0.3 is 4.74 Å². The summed E-state index contributed by atoms with van der Waals surface area (Å²) in [6, 6.07) is 4.85. The largest absolute Gasteiger partial charge is 0.482 e. The van der Waals surface area contributed by atoms with Crippen LogP contribution in [-0.2, 0) is 4.79 Å². The molecule has 0 N–H and O–H groups in total. The lowest BCUT2D eigenvalue weighted by Gasteiger charge is -2.14. The Balaban J connectivity index is 1.98. The molecular formula is C13H12Cl2N2O2S. The number of carbonyl (C=O) groups is 1. The number of carbonyl (C=O) groups excluding carboxylic acids is 1. The molecule has 0 aliphatic heterocycles. The monoisotopic (exact) mass is 330 g/mol. The van der Waals surface area contributed by atoms with Crippen molar-refractivity contribution in [1.82, 2.24) is 4.98 Å². The fourth-order valence-corrected chi connectivity index (χ4v) is 2.68. The average Bonchev–Trinajstić information content (AvgIpc) is 2.83. The van der Waals surface area contributed by atoms with Crippen LogP contribution in [0.4, 0.5) is 5.13 Å². The number of ether oxygens (including phenoxy) is 1. The van der Waals surface area contributed by atoms with Crippen LogP contribution in [0.3, 0.4) is 0 Å². The molecule has 0 atom stereocenters. The molecule has 4 nitrogen and oxygen atoms in total. The lowest BCUT2D eigenvalue weighted by Crippen LogP contribution is -2.31. The zero-order valence-electron chi connectivity index (χ0n) is 10.9. The van der Waals surface area contributed by atoms with Crippen LogP contribution < -0.4 is 9.64 Å². The Bertz CT molecular complexity index is 631. The molecule has 1 heterocycles. The van der Waals surface area contributed by atoms with Crippen molar-refractivity contribution in [2.75, 3.05) is 18.6 Å². The second-order valence-electron chi connectivity index (χ2n) is 4.09. The molecule has 0 aliphatic rings. The third kappa shape index (κ3) is 3.62. The van der Waals surface area contributed by atoms with Gasteiger partial charge in [-0.15, -0.1) is 11.3 Å². The lowest BCUT2D eigenvalue weighted by molar-refractivity contribution is -0.120. The van der Waals surface area contributed by atoms with Gasteiger partial charge in [0.15, 0.2) is 11.7 Å². The summed E-state index contributed by atoms with van der Waals surface area (Å²) in [6.07, 6.45) is 0. The second kappa shape index (κ2) is 6.43. The van der Waals surface area contributed by atoms with Gasteiger partial charge in [-0.3, -0.25) is 9.69 Å². The molecule has 20 heavy (non-hydrogen) atoms. The molecule has 0 fully saturated rings. The van der Waals surface area contributed by atoms with Gasteiger partial charge in [-0.25, -0.2) is 4.98 Å². The number of halogens is 2. The van der Waals surface area contributed by atoms with Crippen LogP contribution in [0.5, 0.6) is 5.75 Å². The van der Waals surface area contributed by atoms with Crippen LogP contribution in [0.25, 0.3) is 0 Å². The Morgan fingerprint density at radius 2 is 2.20 bits per heavy atom. The van der Waals surface area contributed by atoms with Gasteiger partial charge in [-0.2, -0.15) is 0 Å². The van der Waals surface area contributed by atoms with Gasteiger partial charge in [0.25, 0.3) is 5.91 Å². The number of benzene rings is 1. The van der Waals surface area contributed by atoms with Crippen LogP contribution >= 0.6 is 34.5 Å². The Morgan fingerprint density at radius 1 is 1.45 bits per heavy atom. The molecular weight excluding hydrogens is 319 g/mol. The standard InChI is InChI=1S/C13H12Cl2N2O2S/c1-8-7-20-13(16-8)17(2)12(18)6-19-11-4-3-9(14)5-10(11)15/h3-5,7H,6H2,1-2H3. The lowest BCUT2D eigenvalue weighted by atomic mass is 10.3. The second-order valence-corrected chi connectivity index (χ2v) is 5.77. The summed E-state index contributed by atoms with van der Waals surface area (Å²) in [7, 11) is 1.66. The zero-order chi connectivity index (χ0) is 14.7. The Hall–Kier alpha value is -1.30. The molecule has 0 unspecified atom stereocenters. The number of nitrogens with zero attached hydrogens (tertiary/aromatic N) is 2. The quantitative estimate of drug-likeness (QED) is 0.856. The van der Waals surface area contributed by atoms with E-state index in [-0.39, 0.29) is 12.5 Å². The van der Waals surface area contributed by atoms with E-state index in [9.17, 15) is 4.79 Å². The van der Waals surface area contributed by atoms with E-state index in [1.54, 1.807) is 25.2 Å². The van der Waals surface area contributed by atoms with Gasteiger partial charge in [0, 0.05) is 17.5 Å². The first-order valence-electron chi connectivity index (χ1n) is 5.74. The summed E-state index contributed by atoms with van der Waals surface area (Å²) in [5.41, 5.74) is 0.881. The maximum atomic E-state index is 12.0. The smallest absolute Gasteiger partial charge is 0.266 e. The van der Waals surface area contributed by atoms with E-state index in [1.165, 1.54) is 16.2 Å². The van der Waals surface area contributed by atoms with Gasteiger partial charge >= 0.3 is 0 Å². The van der Waals surface area contributed by atoms with E-state index in [0.29, 0.717) is 20.9 Å². The Morgan fingerprint density at radius 3 is 2.80 bits per heavy atom. The minimum atomic E-state index is -0.203. The summed E-state index contributed by atoms with van der Waals surface area (Å²) < 4.78 is 5.40. The van der Waals surface area contributed by atoms with Crippen molar-refractivity contribution in [2.24, 2.45) is 0 Å². The van der Waals surface area contributed by atoms with Gasteiger partial charge in [-0.05, 0) is 25.1 Å². The van der Waals surface area contributed by atoms with Crippen molar-refractivity contribution in [1.29, 1.82) is 0 Å². The van der Waals surface area contributed by atoms with Gasteiger partial charge in [0.2, 0.25) is 0 Å². The molecule has 0 radical (unpaired) electrons. The summed E-state index contributed by atoms with van der Waals surface area (Å²) in [6.45, 7) is 1.76. The van der Waals surface area contributed by atoms with Crippen LogP contribution in [0.1, 0.15) is 5.69 Å². The van der Waals surface area contributed by atoms with Gasteiger partial charge in [0.1, 0.15) is 5.75 Å². The van der Waals surface area contributed by atoms with Crippen LogP contribution in [0, 0.1) is 6.92 Å². The van der Waals surface area contributed by atoms with Crippen molar-refractivity contribution >= 4 is 45.6 Å². The van der Waals surface area contributed by atoms with Gasteiger partial charge in [0.05, 0.1) is 10.7 Å². The molecule has 1 amide bonds. The van der Waals surface area contributed by atoms with E-state index in [0.717, 1.165) is 5.69 Å². The van der Waals surface area contributed by atoms with Crippen molar-refractivity contribution in [3.63, 3.8) is 0 Å². The van der Waals surface area contributed by atoms with E-state index in [4.69, 9.17) is 27.9 Å². The Labute approximate surface area is 130 Å². The van der Waals surface area contributed by atoms with Crippen molar-refractivity contribution < 1.29 is 9.53 Å². The number of likely N-dealkylation sites (N-methyl/N-ethyl adjacent to an activating group) is 1. The molecule has 0 saturated carbocycles. The number of hydrogen-bond acceptors (Lipinski definition) is 4. The molecule has 0 bridgehead atoms. The summed E-state index contributed by atoms with van der Waals surface area (Å²) in [5.74, 6) is 0.221. The first-order valence-corrected chi connectivity index (χ1v) is 7.37. The number of anilines is 1. The summed E-state index contributed by atoms with van der Waals surface area (Å²) >= 11 is 13.2. The number of amides is 1. The number of thiazole rings is 1. The fraction of sp³-hybridized carbons (Fsp3) is 0.231. The van der Waals surface area contributed by atoms with Crippen LogP contribution in [0.2, 0.25) is 10.0 Å². The predicted molar refractivity (Wildman–Crippen MR) is 82.2 cm³/mol. The summed E-state index contributed by atoms with van der Waals surface area (Å²) in [5, 5.41) is 3.41. The highest BCUT2D eigenvalue weighted by Gasteiger charge is 2.15. The third-order valence-corrected chi connectivity index (χ3v) is 4.08. The SMILES string of the molecule is Cc1csc(N(C)C(=O)COc2ccc(Cl)cc2Cl)n1. The van der Waals surface area contributed by atoms with E-state index < -0.39 is 0 Å². The Kier molecular flexibility index (Phi) is 4.86. The molecule has 106 valence electrons. The number of aromatic nitrogens is 1. The van der Waals surface area contributed by atoms with Gasteiger partial charge in [-0.1, -0.05) is 23.2 Å². The normalized spacial score (nSPS) is 10.4. The summed E-state index contributed by atoms with van der Waals surface area (Å²) in [4.78, 5) is 17.7. The number of rotatable bonds is 4. The zero-order valence-corrected chi connectivity index (χ0v) is 13.2. The molecule has 0 spiro atoms. The highest BCUT2D eigenvalue weighted by atomic mass is 35.5. The van der Waals surface area contributed by atoms with Crippen molar-refractivity contribution in [2.45, 2.75) is 6.92 Å². The van der Waals surface area contributed by atoms with Crippen molar-refractivity contribution in [3.05, 3.63) is 39.3 Å². The van der Waals surface area contributed by atoms with E-state index in [1.807, 2.05) is 12.3 Å². The average molecular weight is 331 g/mol. The van der Waals surface area contributed by atoms with Crippen molar-refractivity contribution in [3.8, 4) is 5.75 Å². The molecule has 2 rings (SSSR count).